The molecule has 1 aliphatic carbocycles. The Hall–Kier alpha value is -3.49. The van der Waals surface area contributed by atoms with Gasteiger partial charge in [-0.3, -0.25) is 4.98 Å². The number of esters is 1. The summed E-state index contributed by atoms with van der Waals surface area (Å²) < 4.78 is 5.45. The van der Waals surface area contributed by atoms with Crippen molar-refractivity contribution in [1.82, 2.24) is 15.0 Å². The number of anilines is 2. The first-order chi connectivity index (χ1) is 17.7. The van der Waals surface area contributed by atoms with Gasteiger partial charge in [0.15, 0.2) is 5.82 Å². The van der Waals surface area contributed by atoms with Crippen molar-refractivity contribution in [2.75, 3.05) is 11.9 Å². The van der Waals surface area contributed by atoms with Crippen LogP contribution >= 0.6 is 23.1 Å². The molecule has 36 heavy (non-hydrogen) atoms. The monoisotopic (exact) mass is 512 g/mol. The molecule has 0 spiro atoms. The average Bonchev–Trinajstić information content (AvgIpc) is 3.27. The summed E-state index contributed by atoms with van der Waals surface area (Å²) in [7, 11) is 0. The summed E-state index contributed by atoms with van der Waals surface area (Å²) in [6.07, 6.45) is 5.91. The minimum absolute atomic E-state index is 0.277. The fourth-order valence-electron chi connectivity index (χ4n) is 4.58. The average molecular weight is 513 g/mol. The Morgan fingerprint density at radius 1 is 1.03 bits per heavy atom. The van der Waals surface area contributed by atoms with Crippen LogP contribution in [0.5, 0.6) is 0 Å². The van der Waals surface area contributed by atoms with Crippen molar-refractivity contribution >= 4 is 61.8 Å². The maximum absolute atomic E-state index is 13.0. The van der Waals surface area contributed by atoms with E-state index in [1.807, 2.05) is 43.3 Å². The molecule has 5 aromatic rings. The molecule has 6 nitrogen and oxygen atoms in total. The van der Waals surface area contributed by atoms with Gasteiger partial charge in [-0.25, -0.2) is 14.8 Å². The summed E-state index contributed by atoms with van der Waals surface area (Å²) in [6.45, 7) is 2.18. The molecule has 3 heterocycles. The second kappa shape index (κ2) is 9.87. The Labute approximate surface area is 217 Å². The molecule has 2 aromatic carbocycles. The minimum Gasteiger partial charge on any atom is -0.462 e. The zero-order valence-corrected chi connectivity index (χ0v) is 21.4. The second-order valence-corrected chi connectivity index (χ2v) is 10.7. The van der Waals surface area contributed by atoms with Crippen molar-refractivity contribution in [2.45, 2.75) is 42.5 Å². The van der Waals surface area contributed by atoms with E-state index in [0.29, 0.717) is 18.0 Å². The SMILES string of the molecule is CCOC(=O)c1c(Nc2nc3ccccc3nc2Sc2cccc3cccnc23)sc2c1CCCC2. The van der Waals surface area contributed by atoms with Crippen molar-refractivity contribution in [3.63, 3.8) is 0 Å². The van der Waals surface area contributed by atoms with Crippen molar-refractivity contribution in [3.05, 3.63) is 76.8 Å². The van der Waals surface area contributed by atoms with E-state index in [0.717, 1.165) is 68.1 Å². The van der Waals surface area contributed by atoms with Gasteiger partial charge in [-0.15, -0.1) is 11.3 Å². The zero-order chi connectivity index (χ0) is 24.5. The predicted molar refractivity (Wildman–Crippen MR) is 146 cm³/mol. The molecule has 0 saturated carbocycles. The van der Waals surface area contributed by atoms with Crippen LogP contribution in [0.2, 0.25) is 0 Å². The first kappa shape index (κ1) is 22.9. The summed E-state index contributed by atoms with van der Waals surface area (Å²) in [4.78, 5) is 29.8. The van der Waals surface area contributed by atoms with Gasteiger partial charge < -0.3 is 10.1 Å². The Morgan fingerprint density at radius 2 is 1.83 bits per heavy atom. The highest BCUT2D eigenvalue weighted by atomic mass is 32.2. The van der Waals surface area contributed by atoms with Crippen LogP contribution in [0.25, 0.3) is 21.9 Å². The standard InChI is InChI=1S/C28H24N4O2S2/c1-2-34-28(33)23-18-11-3-6-14-21(18)35-26(23)32-25-27(31-20-13-5-4-12-19(20)30-25)36-22-15-7-9-17-10-8-16-29-24(17)22/h4-5,7-10,12-13,15-16H,2-3,6,11,14H2,1H3,(H,30,32). The molecule has 0 radical (unpaired) electrons. The quantitative estimate of drug-likeness (QED) is 0.241. The van der Waals surface area contributed by atoms with Crippen LogP contribution < -0.4 is 5.32 Å². The van der Waals surface area contributed by atoms with Gasteiger partial charge in [0, 0.05) is 21.4 Å². The lowest BCUT2D eigenvalue weighted by atomic mass is 9.95. The summed E-state index contributed by atoms with van der Waals surface area (Å²) in [5.74, 6) is 0.344. The van der Waals surface area contributed by atoms with Crippen molar-refractivity contribution in [1.29, 1.82) is 0 Å². The highest BCUT2D eigenvalue weighted by molar-refractivity contribution is 7.99. The highest BCUT2D eigenvalue weighted by Crippen LogP contribution is 2.42. The van der Waals surface area contributed by atoms with E-state index >= 15 is 0 Å². The van der Waals surface area contributed by atoms with E-state index in [1.165, 1.54) is 16.6 Å². The molecule has 0 atom stereocenters. The summed E-state index contributed by atoms with van der Waals surface area (Å²) in [5, 5.41) is 6.08. The maximum Gasteiger partial charge on any atom is 0.341 e. The van der Waals surface area contributed by atoms with Crippen LogP contribution in [0.4, 0.5) is 10.8 Å². The molecular formula is C28H24N4O2S2. The van der Waals surface area contributed by atoms with Crippen LogP contribution in [-0.2, 0) is 17.6 Å². The predicted octanol–water partition coefficient (Wildman–Crippen LogP) is 7.19. The normalized spacial score (nSPS) is 13.0. The van der Waals surface area contributed by atoms with Crippen molar-refractivity contribution in [2.24, 2.45) is 0 Å². The first-order valence-electron chi connectivity index (χ1n) is 12.1. The number of hydrogen-bond donors (Lipinski definition) is 1. The van der Waals surface area contributed by atoms with Gasteiger partial charge in [0.1, 0.15) is 10.0 Å². The second-order valence-electron chi connectivity index (χ2n) is 8.56. The molecule has 1 aliphatic rings. The molecule has 0 fully saturated rings. The van der Waals surface area contributed by atoms with Gasteiger partial charge in [-0.2, -0.15) is 0 Å². The molecule has 8 heteroatoms. The molecule has 0 unspecified atom stereocenters. The molecule has 0 aliphatic heterocycles. The number of para-hydroxylation sites is 3. The Morgan fingerprint density at radius 3 is 2.69 bits per heavy atom. The van der Waals surface area contributed by atoms with Gasteiger partial charge in [0.25, 0.3) is 0 Å². The summed E-state index contributed by atoms with van der Waals surface area (Å²) >= 11 is 3.16. The van der Waals surface area contributed by atoms with Gasteiger partial charge >= 0.3 is 5.97 Å². The number of nitrogens with one attached hydrogen (secondary N) is 1. The number of rotatable bonds is 6. The molecule has 0 bridgehead atoms. The number of carbonyl (C=O) groups is 1. The lowest BCUT2D eigenvalue weighted by Gasteiger charge is -2.14. The minimum atomic E-state index is -0.277. The van der Waals surface area contributed by atoms with Crippen LogP contribution in [0, 0.1) is 0 Å². The Bertz CT molecular complexity index is 1590. The van der Waals surface area contributed by atoms with Crippen molar-refractivity contribution in [3.8, 4) is 0 Å². The molecule has 1 N–H and O–H groups in total. The first-order valence-corrected chi connectivity index (χ1v) is 13.7. The molecule has 0 saturated heterocycles. The maximum atomic E-state index is 13.0. The van der Waals surface area contributed by atoms with Crippen molar-refractivity contribution < 1.29 is 9.53 Å². The Kier molecular flexibility index (Phi) is 6.29. The van der Waals surface area contributed by atoms with Crippen LogP contribution in [0.1, 0.15) is 40.6 Å². The van der Waals surface area contributed by atoms with Crippen LogP contribution in [0.15, 0.2) is 70.7 Å². The van der Waals surface area contributed by atoms with E-state index in [2.05, 4.69) is 28.5 Å². The third-order valence-corrected chi connectivity index (χ3v) is 8.46. The number of pyridine rings is 1. The molecular weight excluding hydrogens is 488 g/mol. The molecule has 180 valence electrons. The Balaban J connectivity index is 1.47. The number of fused-ring (bicyclic) bond motifs is 3. The number of hydrogen-bond acceptors (Lipinski definition) is 8. The van der Waals surface area contributed by atoms with E-state index in [1.54, 1.807) is 17.5 Å². The fourth-order valence-corrected chi connectivity index (χ4v) is 6.82. The van der Waals surface area contributed by atoms with Gasteiger partial charge in [0.05, 0.1) is 28.7 Å². The van der Waals surface area contributed by atoms with Gasteiger partial charge in [-0.1, -0.05) is 42.1 Å². The summed E-state index contributed by atoms with van der Waals surface area (Å²) in [6, 6.07) is 18.0. The van der Waals surface area contributed by atoms with Gasteiger partial charge in [0.2, 0.25) is 0 Å². The summed E-state index contributed by atoms with van der Waals surface area (Å²) in [5.41, 5.74) is 4.29. The van der Waals surface area contributed by atoms with Crippen LogP contribution in [-0.4, -0.2) is 27.5 Å². The number of aryl methyl sites for hydroxylation is 1. The fraction of sp³-hybridized carbons (Fsp3) is 0.214. The highest BCUT2D eigenvalue weighted by Gasteiger charge is 2.27. The van der Waals surface area contributed by atoms with E-state index < -0.39 is 0 Å². The van der Waals surface area contributed by atoms with E-state index in [9.17, 15) is 4.79 Å². The van der Waals surface area contributed by atoms with E-state index in [-0.39, 0.29) is 5.97 Å². The number of aromatic nitrogens is 3. The van der Waals surface area contributed by atoms with Gasteiger partial charge in [-0.05, 0) is 62.4 Å². The third kappa shape index (κ3) is 4.31. The molecule has 6 rings (SSSR count). The van der Waals surface area contributed by atoms with Crippen LogP contribution in [0.3, 0.4) is 0 Å². The smallest absolute Gasteiger partial charge is 0.341 e. The number of benzene rings is 2. The lowest BCUT2D eigenvalue weighted by Crippen LogP contribution is -2.11. The number of thiophene rings is 1. The zero-order valence-electron chi connectivity index (χ0n) is 19.8. The number of carbonyl (C=O) groups excluding carboxylic acids is 1. The molecule has 0 amide bonds. The third-order valence-electron chi connectivity index (χ3n) is 6.22. The largest absolute Gasteiger partial charge is 0.462 e. The number of ether oxygens (including phenoxy) is 1. The topological polar surface area (TPSA) is 77.0 Å². The number of nitrogens with zero attached hydrogens (tertiary/aromatic N) is 3. The molecule has 3 aromatic heterocycles. The lowest BCUT2D eigenvalue weighted by molar-refractivity contribution is 0.0526. The van der Waals surface area contributed by atoms with E-state index in [4.69, 9.17) is 14.7 Å².